The summed E-state index contributed by atoms with van der Waals surface area (Å²) in [5.41, 5.74) is 4.27. The standard InChI is InChI=1S/C24H29N3O3/c28-23(16-19-7-9-22(10-8-19)27-11-3-6-24(27)29)25-17-20-4-1-2-5-21(20)18-26-12-14-30-15-13-26/h1-2,4-5,7-10H,3,6,11-18H2,(H,25,28). The number of morpholine rings is 1. The zero-order chi connectivity index (χ0) is 20.8. The van der Waals surface area contributed by atoms with Gasteiger partial charge in [-0.25, -0.2) is 0 Å². The molecule has 30 heavy (non-hydrogen) atoms. The molecular formula is C24H29N3O3. The lowest BCUT2D eigenvalue weighted by Gasteiger charge is -2.27. The van der Waals surface area contributed by atoms with Crippen LogP contribution < -0.4 is 10.2 Å². The van der Waals surface area contributed by atoms with E-state index in [1.54, 1.807) is 0 Å². The third-order valence-electron chi connectivity index (χ3n) is 5.78. The van der Waals surface area contributed by atoms with Crippen molar-refractivity contribution in [2.45, 2.75) is 32.4 Å². The van der Waals surface area contributed by atoms with Gasteiger partial charge < -0.3 is 15.0 Å². The van der Waals surface area contributed by atoms with Crippen LogP contribution in [0.2, 0.25) is 0 Å². The van der Waals surface area contributed by atoms with Crippen LogP contribution in [0.1, 0.15) is 29.5 Å². The number of hydrogen-bond donors (Lipinski definition) is 1. The second-order valence-corrected chi connectivity index (χ2v) is 7.93. The lowest BCUT2D eigenvalue weighted by atomic mass is 10.1. The van der Waals surface area contributed by atoms with E-state index in [9.17, 15) is 9.59 Å². The maximum absolute atomic E-state index is 12.5. The molecule has 2 aliphatic rings. The molecule has 6 heteroatoms. The van der Waals surface area contributed by atoms with Crippen LogP contribution in [0, 0.1) is 0 Å². The molecule has 2 aromatic carbocycles. The van der Waals surface area contributed by atoms with Crippen molar-refractivity contribution in [2.75, 3.05) is 37.7 Å². The van der Waals surface area contributed by atoms with Crippen LogP contribution in [0.15, 0.2) is 48.5 Å². The zero-order valence-electron chi connectivity index (χ0n) is 17.3. The van der Waals surface area contributed by atoms with E-state index in [1.807, 2.05) is 41.3 Å². The molecule has 6 nitrogen and oxygen atoms in total. The van der Waals surface area contributed by atoms with Gasteiger partial charge in [0.1, 0.15) is 0 Å². The number of nitrogens with zero attached hydrogens (tertiary/aromatic N) is 2. The molecule has 0 aromatic heterocycles. The van der Waals surface area contributed by atoms with Crippen LogP contribution in [-0.4, -0.2) is 49.6 Å². The van der Waals surface area contributed by atoms with Crippen molar-refractivity contribution < 1.29 is 14.3 Å². The molecule has 0 spiro atoms. The molecule has 0 radical (unpaired) electrons. The van der Waals surface area contributed by atoms with Crippen molar-refractivity contribution in [3.63, 3.8) is 0 Å². The SMILES string of the molecule is O=C(Cc1ccc(N2CCCC2=O)cc1)NCc1ccccc1CN1CCOCC1. The minimum atomic E-state index is 0.00109. The zero-order valence-corrected chi connectivity index (χ0v) is 17.3. The predicted octanol–water partition coefficient (Wildman–Crippen LogP) is 2.50. The Kier molecular flexibility index (Phi) is 6.77. The fourth-order valence-electron chi connectivity index (χ4n) is 4.04. The maximum Gasteiger partial charge on any atom is 0.227 e. The second kappa shape index (κ2) is 9.87. The highest BCUT2D eigenvalue weighted by molar-refractivity contribution is 5.95. The highest BCUT2D eigenvalue weighted by Gasteiger charge is 2.21. The molecule has 1 N–H and O–H groups in total. The van der Waals surface area contributed by atoms with Crippen molar-refractivity contribution in [1.29, 1.82) is 0 Å². The summed E-state index contributed by atoms with van der Waals surface area (Å²) in [4.78, 5) is 28.5. The normalized spacial score (nSPS) is 17.3. The van der Waals surface area contributed by atoms with E-state index in [0.29, 0.717) is 19.4 Å². The molecule has 2 fully saturated rings. The van der Waals surface area contributed by atoms with E-state index in [1.165, 1.54) is 5.56 Å². The molecule has 0 aliphatic carbocycles. The fourth-order valence-corrected chi connectivity index (χ4v) is 4.04. The number of hydrogen-bond acceptors (Lipinski definition) is 4. The molecule has 0 atom stereocenters. The van der Waals surface area contributed by atoms with Crippen LogP contribution in [0.25, 0.3) is 0 Å². The Hall–Kier alpha value is -2.70. The average Bonchev–Trinajstić information content (AvgIpc) is 3.20. The van der Waals surface area contributed by atoms with Gasteiger partial charge >= 0.3 is 0 Å². The summed E-state index contributed by atoms with van der Waals surface area (Å²) in [6, 6.07) is 16.0. The van der Waals surface area contributed by atoms with Crippen LogP contribution in [-0.2, 0) is 33.8 Å². The number of nitrogens with one attached hydrogen (secondary N) is 1. The van der Waals surface area contributed by atoms with Crippen LogP contribution in [0.4, 0.5) is 5.69 Å². The van der Waals surface area contributed by atoms with E-state index in [2.05, 4.69) is 22.3 Å². The van der Waals surface area contributed by atoms with E-state index in [4.69, 9.17) is 4.74 Å². The Bertz CT molecular complexity index is 876. The summed E-state index contributed by atoms with van der Waals surface area (Å²) in [7, 11) is 0. The van der Waals surface area contributed by atoms with E-state index >= 15 is 0 Å². The number of ether oxygens (including phenoxy) is 1. The predicted molar refractivity (Wildman–Crippen MR) is 116 cm³/mol. The van der Waals surface area contributed by atoms with E-state index in [-0.39, 0.29) is 11.8 Å². The van der Waals surface area contributed by atoms with Crippen LogP contribution >= 0.6 is 0 Å². The molecule has 2 aliphatic heterocycles. The number of carbonyl (C=O) groups is 2. The molecule has 4 rings (SSSR count). The Morgan fingerprint density at radius 1 is 0.967 bits per heavy atom. The van der Waals surface area contributed by atoms with Crippen molar-refractivity contribution >= 4 is 17.5 Å². The van der Waals surface area contributed by atoms with Gasteiger partial charge in [0.05, 0.1) is 19.6 Å². The van der Waals surface area contributed by atoms with Crippen LogP contribution in [0.5, 0.6) is 0 Å². The number of benzene rings is 2. The highest BCUT2D eigenvalue weighted by Crippen LogP contribution is 2.21. The monoisotopic (exact) mass is 407 g/mol. The van der Waals surface area contributed by atoms with E-state index < -0.39 is 0 Å². The first-order valence-electron chi connectivity index (χ1n) is 10.7. The highest BCUT2D eigenvalue weighted by atomic mass is 16.5. The van der Waals surface area contributed by atoms with Gasteiger partial charge in [-0.3, -0.25) is 14.5 Å². The summed E-state index contributed by atoms with van der Waals surface area (Å²) in [5, 5.41) is 3.06. The summed E-state index contributed by atoms with van der Waals surface area (Å²) in [6.45, 7) is 5.64. The summed E-state index contributed by atoms with van der Waals surface area (Å²) in [6.07, 6.45) is 1.87. The summed E-state index contributed by atoms with van der Waals surface area (Å²) in [5.74, 6) is 0.178. The van der Waals surface area contributed by atoms with Gasteiger partial charge in [-0.15, -0.1) is 0 Å². The third-order valence-corrected chi connectivity index (χ3v) is 5.78. The number of rotatable bonds is 7. The molecule has 0 unspecified atom stereocenters. The number of anilines is 1. The lowest BCUT2D eigenvalue weighted by molar-refractivity contribution is -0.120. The fraction of sp³-hybridized carbons (Fsp3) is 0.417. The molecule has 158 valence electrons. The Labute approximate surface area is 177 Å². The third kappa shape index (κ3) is 5.26. The van der Waals surface area contributed by atoms with Gasteiger partial charge in [0.25, 0.3) is 0 Å². The Morgan fingerprint density at radius 2 is 1.70 bits per heavy atom. The Balaban J connectivity index is 1.30. The first kappa shape index (κ1) is 20.6. The van der Waals surface area contributed by atoms with Crippen molar-refractivity contribution in [3.05, 3.63) is 65.2 Å². The summed E-state index contributed by atoms with van der Waals surface area (Å²) < 4.78 is 5.43. The molecule has 0 saturated carbocycles. The van der Waals surface area contributed by atoms with E-state index in [0.717, 1.165) is 62.6 Å². The smallest absolute Gasteiger partial charge is 0.227 e. The molecular weight excluding hydrogens is 378 g/mol. The molecule has 2 saturated heterocycles. The summed E-state index contributed by atoms with van der Waals surface area (Å²) >= 11 is 0. The van der Waals surface area contributed by atoms with Crippen LogP contribution in [0.3, 0.4) is 0 Å². The van der Waals surface area contributed by atoms with Gasteiger partial charge in [0, 0.05) is 44.8 Å². The van der Waals surface area contributed by atoms with Gasteiger partial charge in [0.15, 0.2) is 0 Å². The topological polar surface area (TPSA) is 61.9 Å². The minimum absolute atomic E-state index is 0.00109. The lowest BCUT2D eigenvalue weighted by Crippen LogP contribution is -2.36. The first-order chi connectivity index (χ1) is 14.7. The van der Waals surface area contributed by atoms with Gasteiger partial charge in [-0.1, -0.05) is 36.4 Å². The van der Waals surface area contributed by atoms with Crippen molar-refractivity contribution in [3.8, 4) is 0 Å². The number of amides is 2. The van der Waals surface area contributed by atoms with Crippen molar-refractivity contribution in [1.82, 2.24) is 10.2 Å². The average molecular weight is 408 g/mol. The van der Waals surface area contributed by atoms with Gasteiger partial charge in [-0.2, -0.15) is 0 Å². The number of carbonyl (C=O) groups excluding carboxylic acids is 2. The molecule has 2 heterocycles. The quantitative estimate of drug-likeness (QED) is 0.766. The minimum Gasteiger partial charge on any atom is -0.379 e. The largest absolute Gasteiger partial charge is 0.379 e. The second-order valence-electron chi connectivity index (χ2n) is 7.93. The molecule has 2 aromatic rings. The molecule has 2 amide bonds. The van der Waals surface area contributed by atoms with Gasteiger partial charge in [0.2, 0.25) is 11.8 Å². The first-order valence-corrected chi connectivity index (χ1v) is 10.7. The Morgan fingerprint density at radius 3 is 2.40 bits per heavy atom. The maximum atomic E-state index is 12.5. The van der Waals surface area contributed by atoms with Gasteiger partial charge in [-0.05, 0) is 35.2 Å². The molecule has 0 bridgehead atoms. The van der Waals surface area contributed by atoms with Crippen molar-refractivity contribution in [2.24, 2.45) is 0 Å².